The van der Waals surface area contributed by atoms with Gasteiger partial charge in [-0.05, 0) is 25.0 Å². The van der Waals surface area contributed by atoms with Crippen LogP contribution in [0.25, 0.3) is 0 Å². The minimum absolute atomic E-state index is 0.0751. The molecule has 6 nitrogen and oxygen atoms in total. The molecule has 2 aliphatic heterocycles. The average Bonchev–Trinajstić information content (AvgIpc) is 2.62. The first kappa shape index (κ1) is 16.1. The van der Waals surface area contributed by atoms with Gasteiger partial charge in [-0.25, -0.2) is 0 Å². The van der Waals surface area contributed by atoms with Crippen LogP contribution in [0.15, 0.2) is 24.3 Å². The predicted octanol–water partition coefficient (Wildman–Crippen LogP) is 0.852. The van der Waals surface area contributed by atoms with Crippen molar-refractivity contribution in [3.05, 3.63) is 24.3 Å². The van der Waals surface area contributed by atoms with E-state index in [-0.39, 0.29) is 5.91 Å². The molecule has 0 bridgehead atoms. The maximum absolute atomic E-state index is 12.7. The first-order valence-corrected chi connectivity index (χ1v) is 8.17. The highest BCUT2D eigenvalue weighted by Crippen LogP contribution is 2.24. The summed E-state index contributed by atoms with van der Waals surface area (Å²) in [6, 6.07) is 8.03. The van der Waals surface area contributed by atoms with Gasteiger partial charge in [0.1, 0.15) is 5.75 Å². The van der Waals surface area contributed by atoms with Crippen LogP contribution < -0.4 is 15.4 Å². The van der Waals surface area contributed by atoms with E-state index in [1.165, 1.54) is 0 Å². The number of carbonyl (C=O) groups is 1. The monoisotopic (exact) mass is 319 g/mol. The highest BCUT2D eigenvalue weighted by molar-refractivity contribution is 5.86. The van der Waals surface area contributed by atoms with Crippen LogP contribution in [0.3, 0.4) is 0 Å². The Morgan fingerprint density at radius 3 is 2.57 bits per heavy atom. The molecule has 2 saturated heterocycles. The van der Waals surface area contributed by atoms with E-state index < -0.39 is 5.54 Å². The third-order valence-corrected chi connectivity index (χ3v) is 4.80. The van der Waals surface area contributed by atoms with Crippen molar-refractivity contribution in [2.75, 3.05) is 51.4 Å². The number of methoxy groups -OCH3 is 1. The van der Waals surface area contributed by atoms with E-state index in [2.05, 4.69) is 11.0 Å². The van der Waals surface area contributed by atoms with Crippen molar-refractivity contribution in [2.24, 2.45) is 5.73 Å². The summed E-state index contributed by atoms with van der Waals surface area (Å²) >= 11 is 0. The molecule has 6 heteroatoms. The normalized spacial score (nSPS) is 21.1. The number of nitrogens with two attached hydrogens (primary N) is 1. The second-order valence-corrected chi connectivity index (χ2v) is 6.25. The number of amides is 1. The van der Waals surface area contributed by atoms with Gasteiger partial charge in [-0.15, -0.1) is 0 Å². The van der Waals surface area contributed by atoms with Crippen LogP contribution >= 0.6 is 0 Å². The molecule has 0 radical (unpaired) electrons. The Morgan fingerprint density at radius 2 is 1.91 bits per heavy atom. The molecular weight excluding hydrogens is 294 g/mol. The molecule has 2 N–H and O–H groups in total. The lowest BCUT2D eigenvalue weighted by Gasteiger charge is -2.41. The number of benzene rings is 1. The van der Waals surface area contributed by atoms with Crippen molar-refractivity contribution in [1.82, 2.24) is 4.90 Å². The van der Waals surface area contributed by atoms with Crippen LogP contribution in [0.1, 0.15) is 12.8 Å². The molecular formula is C17H25N3O3. The Bertz CT molecular complexity index is 550. The van der Waals surface area contributed by atoms with Crippen molar-refractivity contribution in [1.29, 1.82) is 0 Å². The second kappa shape index (κ2) is 6.76. The molecule has 0 aliphatic carbocycles. The summed E-state index contributed by atoms with van der Waals surface area (Å²) in [6.45, 7) is 4.18. The van der Waals surface area contributed by atoms with E-state index in [0.717, 1.165) is 24.5 Å². The summed E-state index contributed by atoms with van der Waals surface area (Å²) < 4.78 is 10.6. The van der Waals surface area contributed by atoms with Crippen LogP contribution in [0, 0.1) is 0 Å². The number of anilines is 1. The maximum atomic E-state index is 12.7. The highest BCUT2D eigenvalue weighted by atomic mass is 16.5. The van der Waals surface area contributed by atoms with Gasteiger partial charge < -0.3 is 25.0 Å². The van der Waals surface area contributed by atoms with Crippen LogP contribution in [-0.2, 0) is 9.53 Å². The largest absolute Gasteiger partial charge is 0.497 e. The lowest BCUT2D eigenvalue weighted by Crippen LogP contribution is -2.61. The van der Waals surface area contributed by atoms with E-state index in [0.29, 0.717) is 39.1 Å². The van der Waals surface area contributed by atoms with Gasteiger partial charge in [-0.3, -0.25) is 4.79 Å². The summed E-state index contributed by atoms with van der Waals surface area (Å²) in [4.78, 5) is 16.9. The number of hydrogen-bond donors (Lipinski definition) is 1. The number of hydrogen-bond acceptors (Lipinski definition) is 5. The van der Waals surface area contributed by atoms with Crippen molar-refractivity contribution >= 4 is 11.6 Å². The molecule has 2 fully saturated rings. The molecule has 2 heterocycles. The van der Waals surface area contributed by atoms with Gasteiger partial charge in [0.05, 0.1) is 12.6 Å². The van der Waals surface area contributed by atoms with Crippen LogP contribution in [-0.4, -0.2) is 62.8 Å². The zero-order valence-corrected chi connectivity index (χ0v) is 13.7. The fourth-order valence-corrected chi connectivity index (χ4v) is 3.24. The summed E-state index contributed by atoms with van der Waals surface area (Å²) in [5, 5.41) is 0. The Morgan fingerprint density at radius 1 is 1.22 bits per heavy atom. The first-order valence-electron chi connectivity index (χ1n) is 8.17. The third-order valence-electron chi connectivity index (χ3n) is 4.80. The molecule has 1 amide bonds. The predicted molar refractivity (Wildman–Crippen MR) is 88.8 cm³/mol. The standard InChI is InChI=1S/C17H25N3O3/c1-22-15-4-2-3-14(13-15)19-7-9-20(10-8-19)16(21)17(18)5-11-23-12-6-17/h2-4,13H,5-12,18H2,1H3. The zero-order chi connectivity index (χ0) is 16.3. The van der Waals surface area contributed by atoms with Crippen LogP contribution in [0.4, 0.5) is 5.69 Å². The Hall–Kier alpha value is -1.79. The SMILES string of the molecule is COc1cccc(N2CCN(C(=O)C3(N)CCOCC3)CC2)c1. The molecule has 0 spiro atoms. The Labute approximate surface area is 137 Å². The molecule has 3 rings (SSSR count). The van der Waals surface area contributed by atoms with Crippen molar-refractivity contribution in [3.8, 4) is 5.75 Å². The molecule has 0 atom stereocenters. The minimum atomic E-state index is -0.740. The minimum Gasteiger partial charge on any atom is -0.497 e. The van der Waals surface area contributed by atoms with Gasteiger partial charge in [-0.1, -0.05) is 6.07 Å². The average molecular weight is 319 g/mol. The molecule has 2 aliphatic rings. The van der Waals surface area contributed by atoms with E-state index >= 15 is 0 Å². The summed E-state index contributed by atoms with van der Waals surface area (Å²) in [5.74, 6) is 0.926. The van der Waals surface area contributed by atoms with E-state index in [4.69, 9.17) is 15.2 Å². The number of piperazine rings is 1. The molecule has 1 aromatic carbocycles. The third kappa shape index (κ3) is 3.43. The molecule has 0 unspecified atom stereocenters. The lowest BCUT2D eigenvalue weighted by molar-refractivity contribution is -0.140. The van der Waals surface area contributed by atoms with Crippen LogP contribution in [0.2, 0.25) is 0 Å². The molecule has 0 aromatic heterocycles. The van der Waals surface area contributed by atoms with Crippen LogP contribution in [0.5, 0.6) is 5.75 Å². The van der Waals surface area contributed by atoms with Crippen molar-refractivity contribution < 1.29 is 14.3 Å². The highest BCUT2D eigenvalue weighted by Gasteiger charge is 2.39. The molecule has 23 heavy (non-hydrogen) atoms. The van der Waals surface area contributed by atoms with Crippen molar-refractivity contribution in [3.63, 3.8) is 0 Å². The summed E-state index contributed by atoms with van der Waals surface area (Å²) in [5.41, 5.74) is 6.71. The zero-order valence-electron chi connectivity index (χ0n) is 13.7. The van der Waals surface area contributed by atoms with Gasteiger partial charge in [-0.2, -0.15) is 0 Å². The van der Waals surface area contributed by atoms with Gasteiger partial charge in [0.2, 0.25) is 5.91 Å². The smallest absolute Gasteiger partial charge is 0.242 e. The van der Waals surface area contributed by atoms with E-state index in [9.17, 15) is 4.79 Å². The molecule has 126 valence electrons. The van der Waals surface area contributed by atoms with E-state index in [1.54, 1.807) is 7.11 Å². The fraction of sp³-hybridized carbons (Fsp3) is 0.588. The number of carbonyl (C=O) groups excluding carboxylic acids is 1. The van der Waals surface area contributed by atoms with Gasteiger partial charge in [0.25, 0.3) is 0 Å². The van der Waals surface area contributed by atoms with Gasteiger partial charge >= 0.3 is 0 Å². The van der Waals surface area contributed by atoms with Gasteiger partial charge in [0.15, 0.2) is 0 Å². The maximum Gasteiger partial charge on any atom is 0.242 e. The molecule has 1 aromatic rings. The summed E-state index contributed by atoms with van der Waals surface area (Å²) in [7, 11) is 1.67. The van der Waals surface area contributed by atoms with E-state index in [1.807, 2.05) is 23.1 Å². The summed E-state index contributed by atoms with van der Waals surface area (Å²) in [6.07, 6.45) is 1.23. The first-order chi connectivity index (χ1) is 11.1. The Balaban J connectivity index is 1.60. The van der Waals surface area contributed by atoms with Gasteiger partial charge in [0, 0.05) is 51.1 Å². The molecule has 0 saturated carbocycles. The lowest BCUT2D eigenvalue weighted by atomic mass is 9.89. The topological polar surface area (TPSA) is 68.0 Å². The number of ether oxygens (including phenoxy) is 2. The second-order valence-electron chi connectivity index (χ2n) is 6.25. The number of rotatable bonds is 3. The quantitative estimate of drug-likeness (QED) is 0.895. The fourth-order valence-electron chi connectivity index (χ4n) is 3.24. The number of nitrogens with zero attached hydrogens (tertiary/aromatic N) is 2. The Kier molecular flexibility index (Phi) is 4.73. The van der Waals surface area contributed by atoms with Crippen molar-refractivity contribution in [2.45, 2.75) is 18.4 Å².